The van der Waals surface area contributed by atoms with Crippen molar-refractivity contribution in [1.29, 1.82) is 0 Å². The summed E-state index contributed by atoms with van der Waals surface area (Å²) in [5, 5.41) is 0. The van der Waals surface area contributed by atoms with Gasteiger partial charge in [-0.25, -0.2) is 8.42 Å². The molecule has 0 aromatic carbocycles. The van der Waals surface area contributed by atoms with Crippen LogP contribution in [0.15, 0.2) is 0 Å². The molecule has 1 unspecified atom stereocenters. The third kappa shape index (κ3) is 7.90. The van der Waals surface area contributed by atoms with E-state index in [-0.39, 0.29) is 5.75 Å². The zero-order valence-corrected chi connectivity index (χ0v) is 13.7. The fraction of sp³-hybridized carbons (Fsp3) is 1.00. The molecule has 0 bridgehead atoms. The molecule has 114 valence electrons. The van der Waals surface area contributed by atoms with Crippen LogP contribution in [-0.4, -0.2) is 69.5 Å². The summed E-state index contributed by atoms with van der Waals surface area (Å²) >= 11 is 0. The molecular weight excluding hydrogens is 260 g/mol. The standard InChI is InChI=1S/C14H30N2O2S/c1-13(2)11-14(3)12-16-7-5-15(6-8-16)9-10-19(4,17)18/h13-14H,5-12H2,1-4H3. The molecule has 1 saturated heterocycles. The Kier molecular flexibility index (Phi) is 6.77. The Hall–Kier alpha value is -0.130. The van der Waals surface area contributed by atoms with Crippen LogP contribution in [0.3, 0.4) is 0 Å². The maximum absolute atomic E-state index is 11.1. The van der Waals surface area contributed by atoms with Crippen molar-refractivity contribution in [2.24, 2.45) is 11.8 Å². The summed E-state index contributed by atoms with van der Waals surface area (Å²) in [7, 11) is -2.82. The van der Waals surface area contributed by atoms with Gasteiger partial charge < -0.3 is 4.90 Å². The lowest BCUT2D eigenvalue weighted by molar-refractivity contribution is 0.121. The molecular formula is C14H30N2O2S. The fourth-order valence-electron chi connectivity index (χ4n) is 2.81. The van der Waals surface area contributed by atoms with Crippen molar-refractivity contribution < 1.29 is 8.42 Å². The topological polar surface area (TPSA) is 40.6 Å². The van der Waals surface area contributed by atoms with Gasteiger partial charge in [-0.15, -0.1) is 0 Å². The molecule has 1 aliphatic rings. The average molecular weight is 290 g/mol. The second-order valence-electron chi connectivity index (χ2n) is 6.51. The second-order valence-corrected chi connectivity index (χ2v) is 8.77. The van der Waals surface area contributed by atoms with Crippen molar-refractivity contribution in [3.05, 3.63) is 0 Å². The first-order chi connectivity index (χ1) is 8.76. The quantitative estimate of drug-likeness (QED) is 0.709. The first kappa shape index (κ1) is 16.9. The summed E-state index contributed by atoms with van der Waals surface area (Å²) in [5.74, 6) is 1.81. The second kappa shape index (κ2) is 7.60. The van der Waals surface area contributed by atoms with Crippen LogP contribution in [0, 0.1) is 11.8 Å². The van der Waals surface area contributed by atoms with E-state index in [9.17, 15) is 8.42 Å². The van der Waals surface area contributed by atoms with E-state index in [0.717, 1.165) is 38.0 Å². The molecule has 0 aromatic rings. The van der Waals surface area contributed by atoms with E-state index in [1.54, 1.807) is 0 Å². The van der Waals surface area contributed by atoms with Crippen LogP contribution in [-0.2, 0) is 9.84 Å². The zero-order valence-electron chi connectivity index (χ0n) is 12.9. The third-order valence-corrected chi connectivity index (χ3v) is 4.61. The number of sulfone groups is 1. The molecule has 4 nitrogen and oxygen atoms in total. The zero-order chi connectivity index (χ0) is 14.5. The van der Waals surface area contributed by atoms with E-state index >= 15 is 0 Å². The largest absolute Gasteiger partial charge is 0.301 e. The fourth-order valence-corrected chi connectivity index (χ4v) is 3.40. The van der Waals surface area contributed by atoms with Gasteiger partial charge in [-0.3, -0.25) is 4.90 Å². The maximum Gasteiger partial charge on any atom is 0.148 e. The van der Waals surface area contributed by atoms with E-state index in [1.165, 1.54) is 19.2 Å². The van der Waals surface area contributed by atoms with Gasteiger partial charge in [0.2, 0.25) is 0 Å². The van der Waals surface area contributed by atoms with Crippen LogP contribution in [0.25, 0.3) is 0 Å². The molecule has 19 heavy (non-hydrogen) atoms. The minimum absolute atomic E-state index is 0.288. The van der Waals surface area contributed by atoms with Gasteiger partial charge in [0.25, 0.3) is 0 Å². The summed E-state index contributed by atoms with van der Waals surface area (Å²) in [5.41, 5.74) is 0. The van der Waals surface area contributed by atoms with Crippen LogP contribution in [0.4, 0.5) is 0 Å². The van der Waals surface area contributed by atoms with E-state index < -0.39 is 9.84 Å². The normalized spacial score (nSPS) is 20.9. The Bertz CT molecular complexity index is 346. The van der Waals surface area contributed by atoms with Gasteiger partial charge in [0, 0.05) is 45.5 Å². The molecule has 0 aliphatic carbocycles. The highest BCUT2D eigenvalue weighted by Gasteiger charge is 2.19. The molecule has 5 heteroatoms. The van der Waals surface area contributed by atoms with Crippen LogP contribution >= 0.6 is 0 Å². The Morgan fingerprint density at radius 1 is 1.00 bits per heavy atom. The minimum atomic E-state index is -2.82. The predicted octanol–water partition coefficient (Wildman–Crippen LogP) is 1.33. The summed E-state index contributed by atoms with van der Waals surface area (Å²) in [6.07, 6.45) is 2.60. The number of hydrogen-bond donors (Lipinski definition) is 0. The number of hydrogen-bond acceptors (Lipinski definition) is 4. The van der Waals surface area contributed by atoms with Crippen LogP contribution in [0.5, 0.6) is 0 Å². The lowest BCUT2D eigenvalue weighted by Gasteiger charge is -2.36. The van der Waals surface area contributed by atoms with Gasteiger partial charge in [-0.2, -0.15) is 0 Å². The van der Waals surface area contributed by atoms with Crippen molar-refractivity contribution in [3.8, 4) is 0 Å². The molecule has 1 fully saturated rings. The Morgan fingerprint density at radius 2 is 1.53 bits per heavy atom. The molecule has 0 N–H and O–H groups in total. The first-order valence-electron chi connectivity index (χ1n) is 7.38. The van der Waals surface area contributed by atoms with Crippen molar-refractivity contribution in [1.82, 2.24) is 9.80 Å². The van der Waals surface area contributed by atoms with E-state index in [4.69, 9.17) is 0 Å². The molecule has 1 atom stereocenters. The first-order valence-corrected chi connectivity index (χ1v) is 9.44. The predicted molar refractivity (Wildman–Crippen MR) is 81.2 cm³/mol. The minimum Gasteiger partial charge on any atom is -0.301 e. The van der Waals surface area contributed by atoms with Gasteiger partial charge in [0.1, 0.15) is 9.84 Å². The van der Waals surface area contributed by atoms with E-state index in [2.05, 4.69) is 30.6 Å². The Morgan fingerprint density at radius 3 is 2.00 bits per heavy atom. The van der Waals surface area contributed by atoms with Crippen LogP contribution < -0.4 is 0 Å². The lowest BCUT2D eigenvalue weighted by Crippen LogP contribution is -2.48. The van der Waals surface area contributed by atoms with Crippen molar-refractivity contribution in [2.45, 2.75) is 27.2 Å². The summed E-state index contributed by atoms with van der Waals surface area (Å²) in [6.45, 7) is 12.9. The lowest BCUT2D eigenvalue weighted by atomic mass is 9.98. The highest BCUT2D eigenvalue weighted by atomic mass is 32.2. The molecule has 0 radical (unpaired) electrons. The molecule has 0 spiro atoms. The maximum atomic E-state index is 11.1. The smallest absolute Gasteiger partial charge is 0.148 e. The van der Waals surface area contributed by atoms with Gasteiger partial charge in [-0.1, -0.05) is 20.8 Å². The monoisotopic (exact) mass is 290 g/mol. The van der Waals surface area contributed by atoms with E-state index in [0.29, 0.717) is 6.54 Å². The highest BCUT2D eigenvalue weighted by molar-refractivity contribution is 7.90. The van der Waals surface area contributed by atoms with Crippen molar-refractivity contribution in [2.75, 3.05) is 51.3 Å². The highest BCUT2D eigenvalue weighted by Crippen LogP contribution is 2.13. The van der Waals surface area contributed by atoms with Crippen LogP contribution in [0.2, 0.25) is 0 Å². The number of rotatable bonds is 7. The summed E-state index contributed by atoms with van der Waals surface area (Å²) in [4.78, 5) is 4.79. The van der Waals surface area contributed by atoms with Gasteiger partial charge in [-0.05, 0) is 18.3 Å². The molecule has 1 aliphatic heterocycles. The Labute approximate surface area is 119 Å². The van der Waals surface area contributed by atoms with Gasteiger partial charge >= 0.3 is 0 Å². The van der Waals surface area contributed by atoms with Gasteiger partial charge in [0.15, 0.2) is 0 Å². The summed E-state index contributed by atoms with van der Waals surface area (Å²) in [6, 6.07) is 0. The third-order valence-electron chi connectivity index (χ3n) is 3.69. The number of nitrogens with zero attached hydrogens (tertiary/aromatic N) is 2. The van der Waals surface area contributed by atoms with E-state index in [1.807, 2.05) is 0 Å². The van der Waals surface area contributed by atoms with Crippen molar-refractivity contribution >= 4 is 9.84 Å². The molecule has 0 saturated carbocycles. The SMILES string of the molecule is CC(C)CC(C)CN1CCN(CCS(C)(=O)=O)CC1. The Balaban J connectivity index is 2.21. The molecule has 1 rings (SSSR count). The molecule has 1 heterocycles. The van der Waals surface area contributed by atoms with Crippen molar-refractivity contribution in [3.63, 3.8) is 0 Å². The molecule has 0 aromatic heterocycles. The number of piperazine rings is 1. The average Bonchev–Trinajstić information content (AvgIpc) is 2.26. The van der Waals surface area contributed by atoms with Gasteiger partial charge in [0.05, 0.1) is 5.75 Å². The van der Waals surface area contributed by atoms with Crippen LogP contribution in [0.1, 0.15) is 27.2 Å². The molecule has 0 amide bonds. The summed E-state index contributed by atoms with van der Waals surface area (Å²) < 4.78 is 22.3.